The van der Waals surface area contributed by atoms with E-state index in [0.29, 0.717) is 32.2 Å². The maximum absolute atomic E-state index is 12.5. The van der Waals surface area contributed by atoms with Gasteiger partial charge in [0.25, 0.3) is 0 Å². The number of esters is 1. The smallest absolute Gasteiger partial charge is 0.326 e. The van der Waals surface area contributed by atoms with Gasteiger partial charge in [0, 0.05) is 12.8 Å². The van der Waals surface area contributed by atoms with E-state index in [1.54, 1.807) is 0 Å². The number of aliphatic carboxylic acids is 1. The largest absolute Gasteiger partial charge is 0.480 e. The van der Waals surface area contributed by atoms with Crippen LogP contribution in [-0.2, 0) is 19.1 Å². The number of carboxylic acid groups (broad SMARTS) is 1. The molecule has 0 aliphatic heterocycles. The predicted molar refractivity (Wildman–Crippen MR) is 165 cm³/mol. The number of amides is 1. The van der Waals surface area contributed by atoms with E-state index < -0.39 is 12.0 Å². The topological polar surface area (TPSA) is 119 Å². The van der Waals surface area contributed by atoms with Crippen LogP contribution in [0.1, 0.15) is 174 Å². The molecule has 0 aromatic heterocycles. The Hall–Kier alpha value is -1.63. The van der Waals surface area contributed by atoms with Crippen LogP contribution in [0.3, 0.4) is 0 Å². The molecule has 4 N–H and O–H groups in total. The number of hydrogen-bond acceptors (Lipinski definition) is 5. The number of rotatable bonds is 30. The van der Waals surface area contributed by atoms with Crippen LogP contribution in [0.25, 0.3) is 0 Å². The number of nitrogens with one attached hydrogen (secondary N) is 1. The average Bonchev–Trinajstić information content (AvgIpc) is 2.93. The number of unbranched alkanes of at least 4 members (excludes halogenated alkanes) is 16. The van der Waals surface area contributed by atoms with Crippen molar-refractivity contribution in [1.82, 2.24) is 5.32 Å². The fraction of sp³-hybridized carbons (Fsp3) is 0.909. The average molecular weight is 569 g/mol. The number of hydrogen-bond donors (Lipinski definition) is 3. The lowest BCUT2D eigenvalue weighted by atomic mass is 10.0. The monoisotopic (exact) mass is 568 g/mol. The summed E-state index contributed by atoms with van der Waals surface area (Å²) in [6.07, 6.45) is 25.8. The number of ether oxygens (including phenoxy) is 1. The van der Waals surface area contributed by atoms with Gasteiger partial charge in [-0.2, -0.15) is 0 Å². The summed E-state index contributed by atoms with van der Waals surface area (Å²) in [6, 6.07) is -0.849. The molecule has 7 nitrogen and oxygen atoms in total. The Morgan fingerprint density at radius 2 is 1.07 bits per heavy atom. The molecule has 2 unspecified atom stereocenters. The van der Waals surface area contributed by atoms with Crippen LogP contribution in [0.15, 0.2) is 0 Å². The van der Waals surface area contributed by atoms with E-state index >= 15 is 0 Å². The van der Waals surface area contributed by atoms with Gasteiger partial charge in [-0.1, -0.05) is 110 Å². The third-order valence-electron chi connectivity index (χ3n) is 7.67. The lowest BCUT2D eigenvalue weighted by molar-refractivity contribution is -0.150. The molecule has 2 atom stereocenters. The minimum atomic E-state index is -1.00. The molecule has 0 bridgehead atoms. The van der Waals surface area contributed by atoms with Crippen molar-refractivity contribution in [3.63, 3.8) is 0 Å². The first-order valence-electron chi connectivity index (χ1n) is 16.9. The van der Waals surface area contributed by atoms with E-state index in [1.807, 2.05) is 0 Å². The van der Waals surface area contributed by atoms with Gasteiger partial charge in [0.2, 0.25) is 5.91 Å². The van der Waals surface area contributed by atoms with E-state index in [2.05, 4.69) is 19.2 Å². The third-order valence-corrected chi connectivity index (χ3v) is 7.67. The Bertz CT molecular complexity index is 614. The second kappa shape index (κ2) is 28.9. The molecule has 0 aliphatic carbocycles. The summed E-state index contributed by atoms with van der Waals surface area (Å²) in [5.41, 5.74) is 5.45. The van der Waals surface area contributed by atoms with E-state index in [0.717, 1.165) is 64.2 Å². The summed E-state index contributed by atoms with van der Waals surface area (Å²) in [5, 5.41) is 11.8. The predicted octanol–water partition coefficient (Wildman–Crippen LogP) is 8.22. The van der Waals surface area contributed by atoms with Crippen LogP contribution in [0.2, 0.25) is 0 Å². The standard InChI is InChI=1S/C33H64N2O5/c1-3-5-7-9-11-12-17-21-27-32(37)40-29(23-18-14-10-8-6-4-2)24-19-15-13-16-20-26-31(36)35-30(33(38)39)25-22-28-34/h29-30H,3-28,34H2,1-2H3,(H,35,36)(H,38,39). The first-order chi connectivity index (χ1) is 19.4. The lowest BCUT2D eigenvalue weighted by Gasteiger charge is -2.18. The van der Waals surface area contributed by atoms with Crippen molar-refractivity contribution in [2.75, 3.05) is 6.54 Å². The Kier molecular flexibility index (Phi) is 27.7. The lowest BCUT2D eigenvalue weighted by Crippen LogP contribution is -2.40. The first kappa shape index (κ1) is 38.4. The number of carbonyl (C=O) groups excluding carboxylic acids is 2. The second-order valence-corrected chi connectivity index (χ2v) is 11.6. The zero-order valence-electron chi connectivity index (χ0n) is 26.2. The highest BCUT2D eigenvalue weighted by molar-refractivity contribution is 5.83. The van der Waals surface area contributed by atoms with Gasteiger partial charge in [0.15, 0.2) is 0 Å². The summed E-state index contributed by atoms with van der Waals surface area (Å²) in [6.45, 7) is 4.89. The van der Waals surface area contributed by atoms with E-state index in [9.17, 15) is 19.5 Å². The van der Waals surface area contributed by atoms with Crippen molar-refractivity contribution in [3.8, 4) is 0 Å². The number of nitrogens with two attached hydrogens (primary N) is 1. The molecule has 0 aliphatic rings. The van der Waals surface area contributed by atoms with Gasteiger partial charge in [-0.05, 0) is 57.9 Å². The molecular weight excluding hydrogens is 504 g/mol. The molecule has 1 amide bonds. The fourth-order valence-electron chi connectivity index (χ4n) is 5.10. The zero-order chi connectivity index (χ0) is 29.7. The van der Waals surface area contributed by atoms with Gasteiger partial charge >= 0.3 is 11.9 Å². The van der Waals surface area contributed by atoms with Crippen LogP contribution >= 0.6 is 0 Å². The van der Waals surface area contributed by atoms with Crippen molar-refractivity contribution in [2.24, 2.45) is 5.73 Å². The zero-order valence-corrected chi connectivity index (χ0v) is 26.2. The molecule has 0 heterocycles. The maximum Gasteiger partial charge on any atom is 0.326 e. The Balaban J connectivity index is 4.20. The van der Waals surface area contributed by atoms with Crippen molar-refractivity contribution in [3.05, 3.63) is 0 Å². The van der Waals surface area contributed by atoms with Gasteiger partial charge in [-0.15, -0.1) is 0 Å². The van der Waals surface area contributed by atoms with E-state index in [4.69, 9.17) is 10.5 Å². The van der Waals surface area contributed by atoms with Crippen molar-refractivity contribution in [2.45, 2.75) is 187 Å². The molecule has 40 heavy (non-hydrogen) atoms. The summed E-state index contributed by atoms with van der Waals surface area (Å²) < 4.78 is 5.93. The summed E-state index contributed by atoms with van der Waals surface area (Å²) in [7, 11) is 0. The van der Waals surface area contributed by atoms with Crippen LogP contribution in [0, 0.1) is 0 Å². The SMILES string of the molecule is CCCCCCCCCCC(=O)OC(CCCCCCCC)CCCCCCCC(=O)NC(CCCN)C(=O)O. The molecule has 0 saturated carbocycles. The highest BCUT2D eigenvalue weighted by Gasteiger charge is 2.19. The normalized spacial score (nSPS) is 12.7. The highest BCUT2D eigenvalue weighted by atomic mass is 16.5. The molecule has 0 radical (unpaired) electrons. The van der Waals surface area contributed by atoms with E-state index in [1.165, 1.54) is 70.6 Å². The second-order valence-electron chi connectivity index (χ2n) is 11.6. The van der Waals surface area contributed by atoms with Crippen molar-refractivity contribution >= 4 is 17.8 Å². The Labute approximate surface area is 246 Å². The van der Waals surface area contributed by atoms with Crippen molar-refractivity contribution in [1.29, 1.82) is 0 Å². The fourth-order valence-corrected chi connectivity index (χ4v) is 5.10. The Morgan fingerprint density at radius 1 is 0.625 bits per heavy atom. The molecule has 0 fully saturated rings. The summed E-state index contributed by atoms with van der Waals surface area (Å²) in [5.74, 6) is -1.23. The minimum Gasteiger partial charge on any atom is -0.480 e. The molecule has 0 rings (SSSR count). The first-order valence-corrected chi connectivity index (χ1v) is 16.9. The minimum absolute atomic E-state index is 0.0277. The quantitative estimate of drug-likeness (QED) is 0.0593. The van der Waals surface area contributed by atoms with E-state index in [-0.39, 0.29) is 18.0 Å². The van der Waals surface area contributed by atoms with Gasteiger partial charge < -0.3 is 20.9 Å². The molecular formula is C33H64N2O5. The molecule has 0 spiro atoms. The summed E-state index contributed by atoms with van der Waals surface area (Å²) in [4.78, 5) is 35.9. The molecule has 236 valence electrons. The van der Waals surface area contributed by atoms with Gasteiger partial charge in [-0.3, -0.25) is 9.59 Å². The van der Waals surface area contributed by atoms with Crippen LogP contribution in [0.4, 0.5) is 0 Å². The Morgan fingerprint density at radius 3 is 1.55 bits per heavy atom. The maximum atomic E-state index is 12.5. The van der Waals surface area contributed by atoms with Gasteiger partial charge in [0.05, 0.1) is 0 Å². The van der Waals surface area contributed by atoms with Gasteiger partial charge in [0.1, 0.15) is 12.1 Å². The molecule has 0 saturated heterocycles. The molecule has 0 aromatic rings. The van der Waals surface area contributed by atoms with Crippen LogP contribution < -0.4 is 11.1 Å². The van der Waals surface area contributed by atoms with Crippen LogP contribution in [0.5, 0.6) is 0 Å². The highest BCUT2D eigenvalue weighted by Crippen LogP contribution is 2.18. The summed E-state index contributed by atoms with van der Waals surface area (Å²) >= 11 is 0. The molecule has 7 heteroatoms. The third kappa shape index (κ3) is 25.3. The van der Waals surface area contributed by atoms with Gasteiger partial charge in [-0.25, -0.2) is 4.79 Å². The van der Waals surface area contributed by atoms with Crippen LogP contribution in [-0.4, -0.2) is 41.6 Å². The number of carbonyl (C=O) groups is 3. The molecule has 0 aromatic carbocycles. The number of carboxylic acids is 1. The van der Waals surface area contributed by atoms with Crippen molar-refractivity contribution < 1.29 is 24.2 Å².